The topological polar surface area (TPSA) is 76.0 Å². The Bertz CT molecular complexity index is 916. The number of unbranched alkanes of at least 4 members (excludes halogenated alkanes) is 2. The van der Waals surface area contributed by atoms with E-state index in [1.807, 2.05) is 41.2 Å². The molecule has 140 valence electrons. The molecule has 3 rings (SSSR count). The third-order valence-corrected chi connectivity index (χ3v) is 4.59. The van der Waals surface area contributed by atoms with Crippen LogP contribution in [0, 0.1) is 0 Å². The second kappa shape index (κ2) is 8.98. The molecule has 2 amide bonds. The minimum absolute atomic E-state index is 0.0939. The maximum atomic E-state index is 11.7. The average Bonchev–Trinajstić information content (AvgIpc) is 3.13. The van der Waals surface area contributed by atoms with E-state index in [4.69, 9.17) is 0 Å². The maximum absolute atomic E-state index is 11.7. The fourth-order valence-corrected chi connectivity index (χ4v) is 3.12. The van der Waals surface area contributed by atoms with E-state index in [1.165, 1.54) is 5.56 Å². The molecule has 0 aliphatic heterocycles. The maximum Gasteiger partial charge on any atom is 0.251 e. The third-order valence-electron chi connectivity index (χ3n) is 4.59. The van der Waals surface area contributed by atoms with Gasteiger partial charge in [0.2, 0.25) is 6.41 Å². The summed E-state index contributed by atoms with van der Waals surface area (Å²) in [7, 11) is 1.62. The number of amides is 2. The Morgan fingerprint density at radius 1 is 1.15 bits per heavy atom. The van der Waals surface area contributed by atoms with Gasteiger partial charge in [0.15, 0.2) is 0 Å². The van der Waals surface area contributed by atoms with Gasteiger partial charge in [0.1, 0.15) is 5.65 Å². The first kappa shape index (κ1) is 18.6. The Morgan fingerprint density at radius 3 is 2.70 bits per heavy atom. The Hall–Kier alpha value is -3.15. The molecule has 2 aromatic heterocycles. The number of fused-ring (bicyclic) bond motifs is 1. The van der Waals surface area contributed by atoms with Crippen molar-refractivity contribution in [1.82, 2.24) is 20.2 Å². The van der Waals surface area contributed by atoms with Crippen molar-refractivity contribution in [2.75, 3.05) is 13.6 Å². The second-order valence-electron chi connectivity index (χ2n) is 6.45. The second-order valence-corrected chi connectivity index (χ2v) is 6.45. The molecule has 0 aliphatic rings. The van der Waals surface area contributed by atoms with E-state index in [1.54, 1.807) is 7.05 Å². The highest BCUT2D eigenvalue weighted by atomic mass is 16.1. The largest absolute Gasteiger partial charge is 0.359 e. The Kier molecular flexibility index (Phi) is 6.20. The molecule has 0 unspecified atom stereocenters. The molecule has 0 radical (unpaired) electrons. The summed E-state index contributed by atoms with van der Waals surface area (Å²) in [5, 5.41) is 6.41. The first-order chi connectivity index (χ1) is 13.2. The van der Waals surface area contributed by atoms with Crippen LogP contribution in [0.1, 0.15) is 35.2 Å². The van der Waals surface area contributed by atoms with Crippen LogP contribution in [-0.2, 0) is 11.2 Å². The lowest BCUT2D eigenvalue weighted by Gasteiger charge is -2.07. The van der Waals surface area contributed by atoms with Crippen molar-refractivity contribution in [3.05, 3.63) is 59.9 Å². The number of carbonyl (C=O) groups is 2. The molecule has 27 heavy (non-hydrogen) atoms. The van der Waals surface area contributed by atoms with Crippen molar-refractivity contribution in [1.29, 1.82) is 0 Å². The molecule has 0 spiro atoms. The van der Waals surface area contributed by atoms with E-state index in [2.05, 4.69) is 27.8 Å². The summed E-state index contributed by atoms with van der Waals surface area (Å²) in [5.41, 5.74) is 3.73. The molecule has 6 heteroatoms. The van der Waals surface area contributed by atoms with Crippen molar-refractivity contribution in [3.8, 4) is 5.69 Å². The highest BCUT2D eigenvalue weighted by Crippen LogP contribution is 2.21. The molecule has 0 saturated heterocycles. The number of nitrogens with one attached hydrogen (secondary N) is 2. The number of carbonyl (C=O) groups excluding carboxylic acids is 2. The molecule has 1 aromatic carbocycles. The van der Waals surface area contributed by atoms with E-state index < -0.39 is 0 Å². The fourth-order valence-electron chi connectivity index (χ4n) is 3.12. The Balaban J connectivity index is 1.68. The van der Waals surface area contributed by atoms with E-state index in [0.29, 0.717) is 5.56 Å². The summed E-state index contributed by atoms with van der Waals surface area (Å²) in [6.45, 7) is 0.738. The number of benzene rings is 1. The average molecular weight is 364 g/mol. The minimum atomic E-state index is -0.0939. The van der Waals surface area contributed by atoms with Crippen LogP contribution in [-0.4, -0.2) is 35.5 Å². The summed E-state index contributed by atoms with van der Waals surface area (Å²) in [6, 6.07) is 11.7. The number of hydrogen-bond donors (Lipinski definition) is 2. The number of aryl methyl sites for hydroxylation is 1. The smallest absolute Gasteiger partial charge is 0.251 e. The SMILES string of the molecule is CNC(=O)c1ccc(-n2ccc3cc(CCCCCNC=O)cnc32)cc1. The van der Waals surface area contributed by atoms with Crippen LogP contribution >= 0.6 is 0 Å². The highest BCUT2D eigenvalue weighted by molar-refractivity contribution is 5.94. The molecule has 0 bridgehead atoms. The summed E-state index contributed by atoms with van der Waals surface area (Å²) >= 11 is 0. The molecule has 0 fully saturated rings. The lowest BCUT2D eigenvalue weighted by molar-refractivity contribution is -0.109. The Labute approximate surface area is 158 Å². The standard InChI is InChI=1S/C21H24N4O2/c1-22-21(27)17-6-8-19(9-7-17)25-12-10-18-13-16(14-24-20(18)25)5-3-2-4-11-23-15-26/h6-10,12-15H,2-5,11H2,1H3,(H,22,27)(H,23,26). The first-order valence-corrected chi connectivity index (χ1v) is 9.18. The zero-order chi connectivity index (χ0) is 19.1. The van der Waals surface area contributed by atoms with Gasteiger partial charge in [0.25, 0.3) is 5.91 Å². The van der Waals surface area contributed by atoms with Gasteiger partial charge in [-0.05, 0) is 61.2 Å². The van der Waals surface area contributed by atoms with Crippen molar-refractivity contribution < 1.29 is 9.59 Å². The van der Waals surface area contributed by atoms with Crippen LogP contribution in [0.4, 0.5) is 0 Å². The summed E-state index contributed by atoms with van der Waals surface area (Å²) in [4.78, 5) is 26.5. The third kappa shape index (κ3) is 4.53. The molecular weight excluding hydrogens is 340 g/mol. The zero-order valence-electron chi connectivity index (χ0n) is 15.4. The van der Waals surface area contributed by atoms with Gasteiger partial charge in [-0.25, -0.2) is 4.98 Å². The predicted molar refractivity (Wildman–Crippen MR) is 106 cm³/mol. The Morgan fingerprint density at radius 2 is 1.96 bits per heavy atom. The quantitative estimate of drug-likeness (QED) is 0.453. The van der Waals surface area contributed by atoms with Gasteiger partial charge in [-0.1, -0.05) is 6.42 Å². The first-order valence-electron chi connectivity index (χ1n) is 9.18. The van der Waals surface area contributed by atoms with Crippen molar-refractivity contribution in [2.45, 2.75) is 25.7 Å². The normalized spacial score (nSPS) is 10.7. The molecule has 2 heterocycles. The lowest BCUT2D eigenvalue weighted by atomic mass is 10.1. The van der Waals surface area contributed by atoms with E-state index in [-0.39, 0.29) is 5.91 Å². The minimum Gasteiger partial charge on any atom is -0.359 e. The number of aromatic nitrogens is 2. The monoisotopic (exact) mass is 364 g/mol. The van der Waals surface area contributed by atoms with Gasteiger partial charge in [0, 0.05) is 42.6 Å². The van der Waals surface area contributed by atoms with Crippen LogP contribution in [0.15, 0.2) is 48.8 Å². The number of pyridine rings is 1. The van der Waals surface area contributed by atoms with Gasteiger partial charge in [-0.2, -0.15) is 0 Å². The summed E-state index contributed by atoms with van der Waals surface area (Å²) < 4.78 is 2.03. The molecule has 0 atom stereocenters. The molecule has 2 N–H and O–H groups in total. The van der Waals surface area contributed by atoms with Crippen LogP contribution in [0.2, 0.25) is 0 Å². The molecular formula is C21H24N4O2. The molecule has 0 aliphatic carbocycles. The van der Waals surface area contributed by atoms with Crippen molar-refractivity contribution in [3.63, 3.8) is 0 Å². The highest BCUT2D eigenvalue weighted by Gasteiger charge is 2.07. The van der Waals surface area contributed by atoms with Gasteiger partial charge in [-0.15, -0.1) is 0 Å². The summed E-state index contributed by atoms with van der Waals surface area (Å²) in [6.07, 6.45) is 8.82. The van der Waals surface area contributed by atoms with E-state index in [0.717, 1.165) is 55.4 Å². The molecule has 6 nitrogen and oxygen atoms in total. The van der Waals surface area contributed by atoms with E-state index in [9.17, 15) is 9.59 Å². The van der Waals surface area contributed by atoms with E-state index >= 15 is 0 Å². The zero-order valence-corrected chi connectivity index (χ0v) is 15.4. The summed E-state index contributed by atoms with van der Waals surface area (Å²) in [5.74, 6) is -0.0939. The lowest BCUT2D eigenvalue weighted by Crippen LogP contribution is -2.17. The fraction of sp³-hybridized carbons (Fsp3) is 0.286. The number of rotatable bonds is 9. The number of nitrogens with zero attached hydrogens (tertiary/aromatic N) is 2. The van der Waals surface area contributed by atoms with Crippen LogP contribution < -0.4 is 10.6 Å². The number of hydrogen-bond acceptors (Lipinski definition) is 3. The van der Waals surface area contributed by atoms with Gasteiger partial charge >= 0.3 is 0 Å². The van der Waals surface area contributed by atoms with Crippen molar-refractivity contribution in [2.24, 2.45) is 0 Å². The van der Waals surface area contributed by atoms with Crippen LogP contribution in [0.3, 0.4) is 0 Å². The van der Waals surface area contributed by atoms with Gasteiger partial charge in [-0.3, -0.25) is 9.59 Å². The molecule has 3 aromatic rings. The predicted octanol–water partition coefficient (Wildman–Crippen LogP) is 2.84. The molecule has 0 saturated carbocycles. The van der Waals surface area contributed by atoms with Crippen molar-refractivity contribution >= 4 is 23.4 Å². The van der Waals surface area contributed by atoms with Gasteiger partial charge in [0.05, 0.1) is 0 Å². The van der Waals surface area contributed by atoms with Crippen LogP contribution in [0.5, 0.6) is 0 Å². The van der Waals surface area contributed by atoms with Gasteiger partial charge < -0.3 is 15.2 Å². The van der Waals surface area contributed by atoms with Crippen LogP contribution in [0.25, 0.3) is 16.7 Å².